The molecule has 1 fully saturated rings. The molecule has 0 aliphatic carbocycles. The minimum absolute atomic E-state index is 0.0344. The molecule has 3 heterocycles. The van der Waals surface area contributed by atoms with Crippen LogP contribution < -0.4 is 10.6 Å². The topological polar surface area (TPSA) is 106 Å². The van der Waals surface area contributed by atoms with Crippen LogP contribution in [0, 0.1) is 0 Å². The van der Waals surface area contributed by atoms with E-state index in [0.29, 0.717) is 29.8 Å². The van der Waals surface area contributed by atoms with Crippen LogP contribution in [0.4, 0.5) is 5.95 Å². The molecule has 8 nitrogen and oxygen atoms in total. The Balaban J connectivity index is 1.17. The molecule has 0 bridgehead atoms. The summed E-state index contributed by atoms with van der Waals surface area (Å²) in [6.45, 7) is 1.42. The fourth-order valence-corrected chi connectivity index (χ4v) is 4.84. The van der Waals surface area contributed by atoms with Gasteiger partial charge in [-0.25, -0.2) is 9.97 Å². The number of rotatable bonds is 8. The summed E-state index contributed by atoms with van der Waals surface area (Å²) in [6, 6.07) is 17.6. The van der Waals surface area contributed by atoms with E-state index in [9.17, 15) is 9.90 Å². The molecular weight excluding hydrogens is 476 g/mol. The molecule has 1 saturated heterocycles. The summed E-state index contributed by atoms with van der Waals surface area (Å²) in [5.74, 6) is 0.562. The maximum Gasteiger partial charge on any atom is 0.236 e. The number of nitrogens with one attached hydrogen (secondary N) is 3. The molecule has 1 aliphatic heterocycles. The minimum atomic E-state index is -0.261. The number of fused-ring (bicyclic) bond motifs is 1. The molecule has 1 aliphatic rings. The summed E-state index contributed by atoms with van der Waals surface area (Å²) in [5, 5.41) is 17.9. The van der Waals surface area contributed by atoms with Crippen LogP contribution in [0.2, 0.25) is 5.02 Å². The number of aromatic amines is 1. The summed E-state index contributed by atoms with van der Waals surface area (Å²) >= 11 is 6.45. The van der Waals surface area contributed by atoms with E-state index in [1.807, 2.05) is 65.7 Å². The normalized spacial score (nSPS) is 15.2. The van der Waals surface area contributed by atoms with Gasteiger partial charge in [-0.1, -0.05) is 60.1 Å². The second-order valence-electron chi connectivity index (χ2n) is 8.96. The SMILES string of the molecule is O=C(CNC(CO)c1ccccc1)N1CCC(Nc2ncc(Cl)c(-c3c[nH]c4ccccc34)n2)CC1. The number of hydrogen-bond acceptors (Lipinski definition) is 6. The lowest BCUT2D eigenvalue weighted by molar-refractivity contribution is -0.131. The van der Waals surface area contributed by atoms with Gasteiger partial charge in [-0.3, -0.25) is 10.1 Å². The summed E-state index contributed by atoms with van der Waals surface area (Å²) in [7, 11) is 0. The van der Waals surface area contributed by atoms with E-state index >= 15 is 0 Å². The van der Waals surface area contributed by atoms with Gasteiger partial charge < -0.3 is 20.3 Å². The van der Waals surface area contributed by atoms with E-state index in [4.69, 9.17) is 16.6 Å². The first-order chi connectivity index (χ1) is 17.6. The number of likely N-dealkylation sites (tertiary alicyclic amines) is 1. The zero-order valence-corrected chi connectivity index (χ0v) is 20.6. The predicted octanol–water partition coefficient (Wildman–Crippen LogP) is 4.00. The lowest BCUT2D eigenvalue weighted by Crippen LogP contribution is -2.46. The summed E-state index contributed by atoms with van der Waals surface area (Å²) in [6.07, 6.45) is 5.13. The molecule has 1 atom stereocenters. The van der Waals surface area contributed by atoms with Gasteiger partial charge in [0.2, 0.25) is 11.9 Å². The number of aliphatic hydroxyl groups is 1. The van der Waals surface area contributed by atoms with Crippen LogP contribution in [0.1, 0.15) is 24.4 Å². The third-order valence-corrected chi connectivity index (χ3v) is 6.93. The van der Waals surface area contributed by atoms with Gasteiger partial charge in [-0.05, 0) is 24.5 Å². The Morgan fingerprint density at radius 2 is 1.89 bits per heavy atom. The molecular formula is C27H29ClN6O2. The number of para-hydroxylation sites is 1. The molecule has 0 radical (unpaired) electrons. The van der Waals surface area contributed by atoms with Gasteiger partial charge in [0, 0.05) is 41.8 Å². The van der Waals surface area contributed by atoms with Crippen molar-refractivity contribution < 1.29 is 9.90 Å². The van der Waals surface area contributed by atoms with Crippen molar-refractivity contribution in [3.63, 3.8) is 0 Å². The second-order valence-corrected chi connectivity index (χ2v) is 9.37. The fourth-order valence-electron chi connectivity index (χ4n) is 4.64. The van der Waals surface area contributed by atoms with Crippen molar-refractivity contribution in [2.45, 2.75) is 24.9 Å². The van der Waals surface area contributed by atoms with Crippen LogP contribution in [-0.4, -0.2) is 63.1 Å². The standard InChI is InChI=1S/C27H29ClN6O2/c28-22-15-31-27(33-26(22)21-14-29-23-9-5-4-8-20(21)23)32-19-10-12-34(13-11-19)25(36)16-30-24(17-35)18-6-2-1-3-7-18/h1-9,14-15,19,24,29-30,35H,10-13,16-17H2,(H,31,32,33). The molecule has 2 aromatic carbocycles. The Morgan fingerprint density at radius 1 is 1.14 bits per heavy atom. The molecule has 2 aromatic heterocycles. The average molecular weight is 505 g/mol. The number of benzene rings is 2. The molecule has 36 heavy (non-hydrogen) atoms. The van der Waals surface area contributed by atoms with Crippen molar-refractivity contribution >= 4 is 34.4 Å². The molecule has 0 saturated carbocycles. The van der Waals surface area contributed by atoms with Gasteiger partial charge in [0.25, 0.3) is 0 Å². The predicted molar refractivity (Wildman–Crippen MR) is 142 cm³/mol. The van der Waals surface area contributed by atoms with Gasteiger partial charge >= 0.3 is 0 Å². The second kappa shape index (κ2) is 11.1. The number of amides is 1. The van der Waals surface area contributed by atoms with Crippen molar-refractivity contribution in [2.75, 3.05) is 31.6 Å². The fraction of sp³-hybridized carbons (Fsp3) is 0.296. The van der Waals surface area contributed by atoms with Crippen LogP contribution in [0.3, 0.4) is 0 Å². The molecule has 4 aromatic rings. The number of carbonyl (C=O) groups is 1. The number of aliphatic hydroxyl groups excluding tert-OH is 1. The first kappa shape index (κ1) is 24.2. The Labute approximate surface area is 214 Å². The highest BCUT2D eigenvalue weighted by Crippen LogP contribution is 2.32. The van der Waals surface area contributed by atoms with E-state index in [2.05, 4.69) is 20.6 Å². The maximum atomic E-state index is 12.8. The van der Waals surface area contributed by atoms with E-state index in [1.54, 1.807) is 6.20 Å². The molecule has 5 rings (SSSR count). The largest absolute Gasteiger partial charge is 0.394 e. The van der Waals surface area contributed by atoms with Crippen molar-refractivity contribution in [3.8, 4) is 11.3 Å². The number of anilines is 1. The van der Waals surface area contributed by atoms with E-state index in [1.165, 1.54) is 0 Å². The van der Waals surface area contributed by atoms with Gasteiger partial charge in [0.05, 0.1) is 36.1 Å². The molecule has 9 heteroatoms. The van der Waals surface area contributed by atoms with Crippen LogP contribution in [0.25, 0.3) is 22.2 Å². The van der Waals surface area contributed by atoms with Crippen LogP contribution in [0.15, 0.2) is 67.0 Å². The number of nitrogens with zero attached hydrogens (tertiary/aromatic N) is 3. The first-order valence-corrected chi connectivity index (χ1v) is 12.5. The zero-order valence-electron chi connectivity index (χ0n) is 19.8. The first-order valence-electron chi connectivity index (χ1n) is 12.1. The Morgan fingerprint density at radius 3 is 2.67 bits per heavy atom. The minimum Gasteiger partial charge on any atom is -0.394 e. The number of carbonyl (C=O) groups excluding carboxylic acids is 1. The number of aromatic nitrogens is 3. The third-order valence-electron chi connectivity index (χ3n) is 6.65. The van der Waals surface area contributed by atoms with E-state index in [-0.39, 0.29) is 31.1 Å². The quantitative estimate of drug-likeness (QED) is 0.289. The maximum absolute atomic E-state index is 12.8. The summed E-state index contributed by atoms with van der Waals surface area (Å²) in [5.41, 5.74) is 3.61. The van der Waals surface area contributed by atoms with Crippen molar-refractivity contribution in [2.24, 2.45) is 0 Å². The highest BCUT2D eigenvalue weighted by atomic mass is 35.5. The highest BCUT2D eigenvalue weighted by molar-refractivity contribution is 6.33. The lowest BCUT2D eigenvalue weighted by atomic mass is 10.0. The number of H-pyrrole nitrogens is 1. The van der Waals surface area contributed by atoms with Crippen molar-refractivity contribution in [1.82, 2.24) is 25.2 Å². The summed E-state index contributed by atoms with van der Waals surface area (Å²) < 4.78 is 0. The lowest BCUT2D eigenvalue weighted by Gasteiger charge is -2.33. The zero-order chi connectivity index (χ0) is 24.9. The Bertz CT molecular complexity index is 1320. The van der Waals surface area contributed by atoms with Gasteiger partial charge in [-0.15, -0.1) is 0 Å². The average Bonchev–Trinajstić information content (AvgIpc) is 3.35. The highest BCUT2D eigenvalue weighted by Gasteiger charge is 2.24. The number of hydrogen-bond donors (Lipinski definition) is 4. The van der Waals surface area contributed by atoms with Gasteiger partial charge in [0.15, 0.2) is 0 Å². The Kier molecular flexibility index (Phi) is 7.46. The van der Waals surface area contributed by atoms with Gasteiger partial charge in [-0.2, -0.15) is 0 Å². The van der Waals surface area contributed by atoms with E-state index < -0.39 is 0 Å². The van der Waals surface area contributed by atoms with Gasteiger partial charge in [0.1, 0.15) is 0 Å². The summed E-state index contributed by atoms with van der Waals surface area (Å²) in [4.78, 5) is 27.0. The molecule has 186 valence electrons. The molecule has 4 N–H and O–H groups in total. The van der Waals surface area contributed by atoms with Crippen LogP contribution >= 0.6 is 11.6 Å². The van der Waals surface area contributed by atoms with Crippen molar-refractivity contribution in [3.05, 3.63) is 77.6 Å². The Hall–Kier alpha value is -3.46. The monoisotopic (exact) mass is 504 g/mol. The third kappa shape index (κ3) is 5.36. The van der Waals surface area contributed by atoms with Crippen molar-refractivity contribution in [1.29, 1.82) is 0 Å². The van der Waals surface area contributed by atoms with Crippen LogP contribution in [-0.2, 0) is 4.79 Å². The van der Waals surface area contributed by atoms with E-state index in [0.717, 1.165) is 34.9 Å². The molecule has 1 unspecified atom stereocenters. The number of piperidine rings is 1. The smallest absolute Gasteiger partial charge is 0.236 e. The molecule has 0 spiro atoms. The molecule has 1 amide bonds. The van der Waals surface area contributed by atoms with Crippen LogP contribution in [0.5, 0.6) is 0 Å². The number of halogens is 1.